The van der Waals surface area contributed by atoms with Crippen molar-refractivity contribution in [2.24, 2.45) is 0 Å². The van der Waals surface area contributed by atoms with Crippen LogP contribution in [-0.4, -0.2) is 41.7 Å². The number of nitrogens with two attached hydrogens (primary N) is 2. The van der Waals surface area contributed by atoms with E-state index in [9.17, 15) is 4.57 Å². The van der Waals surface area contributed by atoms with Gasteiger partial charge < -0.3 is 30.0 Å². The Bertz CT molecular complexity index is 835. The lowest BCUT2D eigenvalue weighted by molar-refractivity contribution is 0.0843. The third kappa shape index (κ3) is 7.91. The quantitative estimate of drug-likeness (QED) is 0.376. The topological polar surface area (TPSA) is 132 Å². The number of hydrogen-bond acceptors (Lipinski definition) is 9. The molecule has 0 fully saturated rings. The molecule has 4 N–H and O–H groups in total. The fourth-order valence-electron chi connectivity index (χ4n) is 2.68. The molecule has 0 radical (unpaired) electrons. The Labute approximate surface area is 177 Å². The zero-order valence-corrected chi connectivity index (χ0v) is 18.8. The molecule has 0 aliphatic carbocycles. The molecule has 0 aliphatic heterocycles. The van der Waals surface area contributed by atoms with E-state index in [1.54, 1.807) is 27.7 Å². The molecule has 166 valence electrons. The molecule has 0 amide bonds. The monoisotopic (exact) mass is 438 g/mol. The van der Waals surface area contributed by atoms with E-state index in [0.717, 1.165) is 5.56 Å². The largest absolute Gasteiger partial charge is 0.475 e. The average Bonchev–Trinajstić information content (AvgIpc) is 2.63. The Morgan fingerprint density at radius 3 is 2.20 bits per heavy atom. The van der Waals surface area contributed by atoms with Crippen LogP contribution in [0.2, 0.25) is 0 Å². The van der Waals surface area contributed by atoms with Crippen LogP contribution < -0.4 is 16.2 Å². The van der Waals surface area contributed by atoms with Gasteiger partial charge in [-0.05, 0) is 33.3 Å². The van der Waals surface area contributed by atoms with Crippen LogP contribution in [0.3, 0.4) is 0 Å². The van der Waals surface area contributed by atoms with Crippen LogP contribution in [0.1, 0.15) is 38.8 Å². The number of aromatic nitrogens is 2. The summed E-state index contributed by atoms with van der Waals surface area (Å²) in [5.41, 5.74) is 13.4. The number of ether oxygens (including phenoxy) is 2. The summed E-state index contributed by atoms with van der Waals surface area (Å²) >= 11 is 0. The maximum Gasteiger partial charge on any atom is 0.356 e. The Hall–Kier alpha value is -2.19. The van der Waals surface area contributed by atoms with E-state index in [2.05, 4.69) is 9.97 Å². The van der Waals surface area contributed by atoms with E-state index in [1.807, 2.05) is 30.3 Å². The molecule has 0 saturated heterocycles. The SMILES string of the molecule is CC(C)OP(=O)(COCCOc1nc(N)nc(N)c1Cc1ccccc1)OC(C)C. The van der Waals surface area contributed by atoms with Gasteiger partial charge in [0.2, 0.25) is 11.8 Å². The first kappa shape index (κ1) is 24.1. The van der Waals surface area contributed by atoms with Crippen molar-refractivity contribution < 1.29 is 23.1 Å². The standard InChI is InChI=1S/C20H31N4O5P/c1-14(2)28-30(25,29-15(3)4)13-26-10-11-27-19-17(18(21)23-20(22)24-19)12-16-8-6-5-7-9-16/h5-9,14-15H,10-13H2,1-4H3,(H4,21,22,23,24). The molecule has 0 aliphatic rings. The molecule has 1 aromatic heterocycles. The number of nitrogens with zero attached hydrogens (tertiary/aromatic N) is 2. The predicted octanol–water partition coefficient (Wildman–Crippen LogP) is 3.63. The van der Waals surface area contributed by atoms with Crippen molar-refractivity contribution in [3.63, 3.8) is 0 Å². The molecule has 30 heavy (non-hydrogen) atoms. The first-order valence-electron chi connectivity index (χ1n) is 9.80. The molecule has 2 rings (SSSR count). The summed E-state index contributed by atoms with van der Waals surface area (Å²) in [5.74, 6) is 0.593. The van der Waals surface area contributed by atoms with Gasteiger partial charge in [0.25, 0.3) is 0 Å². The molecule has 1 heterocycles. The minimum atomic E-state index is -3.36. The zero-order valence-electron chi connectivity index (χ0n) is 17.9. The predicted molar refractivity (Wildman–Crippen MR) is 116 cm³/mol. The zero-order chi connectivity index (χ0) is 22.1. The van der Waals surface area contributed by atoms with E-state index in [1.165, 1.54) is 0 Å². The Morgan fingerprint density at radius 2 is 1.60 bits per heavy atom. The first-order chi connectivity index (χ1) is 14.2. The van der Waals surface area contributed by atoms with Crippen LogP contribution >= 0.6 is 7.60 Å². The highest BCUT2D eigenvalue weighted by Crippen LogP contribution is 2.50. The van der Waals surface area contributed by atoms with Gasteiger partial charge in [0.1, 0.15) is 18.8 Å². The lowest BCUT2D eigenvalue weighted by atomic mass is 10.1. The van der Waals surface area contributed by atoms with Crippen molar-refractivity contribution in [1.29, 1.82) is 0 Å². The molecule has 10 heteroatoms. The van der Waals surface area contributed by atoms with Crippen molar-refractivity contribution in [1.82, 2.24) is 9.97 Å². The van der Waals surface area contributed by atoms with Gasteiger partial charge in [-0.15, -0.1) is 0 Å². The van der Waals surface area contributed by atoms with E-state index in [4.69, 9.17) is 30.0 Å². The maximum absolute atomic E-state index is 12.7. The minimum Gasteiger partial charge on any atom is -0.475 e. The van der Waals surface area contributed by atoms with E-state index < -0.39 is 7.60 Å². The second kappa shape index (κ2) is 11.3. The lowest BCUT2D eigenvalue weighted by Gasteiger charge is -2.22. The second-order valence-corrected chi connectivity index (χ2v) is 9.12. The number of benzene rings is 1. The molecule has 1 aromatic carbocycles. The lowest BCUT2D eigenvalue weighted by Crippen LogP contribution is -2.15. The van der Waals surface area contributed by atoms with Crippen LogP contribution in [0.4, 0.5) is 11.8 Å². The van der Waals surface area contributed by atoms with Crippen molar-refractivity contribution >= 4 is 19.4 Å². The summed E-state index contributed by atoms with van der Waals surface area (Å²) in [6.07, 6.45) is -0.163. The molecule has 0 spiro atoms. The number of rotatable bonds is 12. The van der Waals surface area contributed by atoms with Crippen molar-refractivity contribution in [2.45, 2.75) is 46.3 Å². The number of hydrogen-bond donors (Lipinski definition) is 2. The summed E-state index contributed by atoms with van der Waals surface area (Å²) in [4.78, 5) is 8.19. The van der Waals surface area contributed by atoms with Crippen molar-refractivity contribution in [2.75, 3.05) is 31.0 Å². The molecular weight excluding hydrogens is 407 g/mol. The first-order valence-corrected chi connectivity index (χ1v) is 11.5. The van der Waals surface area contributed by atoms with Gasteiger partial charge in [-0.3, -0.25) is 4.57 Å². The van der Waals surface area contributed by atoms with Crippen molar-refractivity contribution in [3.05, 3.63) is 41.5 Å². The normalized spacial score (nSPS) is 11.9. The Kier molecular flexibility index (Phi) is 9.05. The van der Waals surface area contributed by atoms with Gasteiger partial charge in [-0.25, -0.2) is 0 Å². The molecule has 0 bridgehead atoms. The summed E-state index contributed by atoms with van der Waals surface area (Å²) in [7, 11) is -3.36. The summed E-state index contributed by atoms with van der Waals surface area (Å²) in [6.45, 7) is 7.47. The average molecular weight is 438 g/mol. The van der Waals surface area contributed by atoms with Gasteiger partial charge >= 0.3 is 7.60 Å². The highest BCUT2D eigenvalue weighted by molar-refractivity contribution is 7.53. The summed E-state index contributed by atoms with van der Waals surface area (Å²) < 4.78 is 34.9. The number of anilines is 2. The second-order valence-electron chi connectivity index (χ2n) is 7.22. The van der Waals surface area contributed by atoms with E-state index >= 15 is 0 Å². The molecule has 9 nitrogen and oxygen atoms in total. The Morgan fingerprint density at radius 1 is 0.967 bits per heavy atom. The third-order valence-corrected chi connectivity index (χ3v) is 5.69. The fourth-order valence-corrected chi connectivity index (χ4v) is 4.49. The summed E-state index contributed by atoms with van der Waals surface area (Å²) in [6, 6.07) is 9.77. The summed E-state index contributed by atoms with van der Waals surface area (Å²) in [5, 5.41) is 0. The van der Waals surface area contributed by atoms with E-state index in [0.29, 0.717) is 17.9 Å². The van der Waals surface area contributed by atoms with Crippen LogP contribution in [-0.2, 0) is 24.8 Å². The molecule has 0 saturated carbocycles. The minimum absolute atomic E-state index is 0.0281. The van der Waals surface area contributed by atoms with Crippen molar-refractivity contribution in [3.8, 4) is 5.88 Å². The highest BCUT2D eigenvalue weighted by Gasteiger charge is 2.28. The van der Waals surface area contributed by atoms with Crippen LogP contribution in [0.5, 0.6) is 5.88 Å². The highest BCUT2D eigenvalue weighted by atomic mass is 31.2. The van der Waals surface area contributed by atoms with Gasteiger partial charge in [0.05, 0.1) is 24.4 Å². The molecular formula is C20H31N4O5P. The third-order valence-electron chi connectivity index (χ3n) is 3.70. The molecule has 0 unspecified atom stereocenters. The van der Waals surface area contributed by atoms with Gasteiger partial charge in [0.15, 0.2) is 0 Å². The maximum atomic E-state index is 12.7. The van der Waals surface area contributed by atoms with E-state index in [-0.39, 0.29) is 43.5 Å². The smallest absolute Gasteiger partial charge is 0.356 e. The number of nitrogen functional groups attached to an aromatic ring is 2. The van der Waals surface area contributed by atoms with Crippen LogP contribution in [0.25, 0.3) is 0 Å². The molecule has 0 atom stereocenters. The van der Waals surface area contributed by atoms with Gasteiger partial charge in [-0.1, -0.05) is 30.3 Å². The fraction of sp³-hybridized carbons (Fsp3) is 0.500. The van der Waals surface area contributed by atoms with Gasteiger partial charge in [-0.2, -0.15) is 9.97 Å². The Balaban J connectivity index is 1.96. The van der Waals surface area contributed by atoms with Crippen LogP contribution in [0.15, 0.2) is 30.3 Å². The molecule has 2 aromatic rings. The van der Waals surface area contributed by atoms with Gasteiger partial charge in [0, 0.05) is 6.42 Å². The van der Waals surface area contributed by atoms with Crippen LogP contribution in [0, 0.1) is 0 Å².